The highest BCUT2D eigenvalue weighted by molar-refractivity contribution is 14.1. The summed E-state index contributed by atoms with van der Waals surface area (Å²) in [6.07, 6.45) is 0. The van der Waals surface area contributed by atoms with Crippen LogP contribution in [0.5, 0.6) is 0 Å². The lowest BCUT2D eigenvalue weighted by Gasteiger charge is -2.15. The molecular formula is C16H16IN3. The molecule has 0 amide bonds. The summed E-state index contributed by atoms with van der Waals surface area (Å²) in [4.78, 5) is 7.68. The molecule has 2 N–H and O–H groups in total. The summed E-state index contributed by atoms with van der Waals surface area (Å²) >= 11 is 2.32. The average Bonchev–Trinajstić information content (AvgIpc) is 2.78. The number of H-pyrrole nitrogens is 1. The molecule has 0 aliphatic carbocycles. The highest BCUT2D eigenvalue weighted by Crippen LogP contribution is 2.23. The molecule has 0 aliphatic rings. The van der Waals surface area contributed by atoms with E-state index in [1.54, 1.807) is 0 Å². The first-order chi connectivity index (χ1) is 9.61. The molecule has 102 valence electrons. The van der Waals surface area contributed by atoms with Gasteiger partial charge in [0.15, 0.2) is 0 Å². The summed E-state index contributed by atoms with van der Waals surface area (Å²) in [5.74, 6) is 0.947. The maximum absolute atomic E-state index is 4.42. The minimum atomic E-state index is 0.272. The molecule has 0 saturated carbocycles. The smallest absolute Gasteiger partial charge is 0.104 e. The molecule has 0 spiro atoms. The van der Waals surface area contributed by atoms with E-state index < -0.39 is 0 Å². The number of fused-ring (bicyclic) bond motifs is 1. The number of nitrogens with one attached hydrogen (secondary N) is 2. The summed E-state index contributed by atoms with van der Waals surface area (Å²) in [6, 6.07) is 15.1. The van der Waals surface area contributed by atoms with Crippen molar-refractivity contribution in [3.8, 4) is 0 Å². The van der Waals surface area contributed by atoms with Gasteiger partial charge in [0.2, 0.25) is 0 Å². The van der Waals surface area contributed by atoms with Crippen LogP contribution in [-0.2, 0) is 0 Å². The predicted molar refractivity (Wildman–Crippen MR) is 92.0 cm³/mol. The molecule has 0 saturated heterocycles. The Kier molecular flexibility index (Phi) is 3.65. The van der Waals surface area contributed by atoms with Crippen molar-refractivity contribution >= 4 is 39.3 Å². The molecular weight excluding hydrogens is 361 g/mol. The highest BCUT2D eigenvalue weighted by atomic mass is 127. The fraction of sp³-hybridized carbons (Fsp3) is 0.188. The number of hydrogen-bond acceptors (Lipinski definition) is 2. The molecule has 4 heteroatoms. The van der Waals surface area contributed by atoms with Gasteiger partial charge in [0, 0.05) is 15.3 Å². The first-order valence-corrected chi connectivity index (χ1v) is 7.68. The van der Waals surface area contributed by atoms with Crippen LogP contribution in [0.1, 0.15) is 24.4 Å². The van der Waals surface area contributed by atoms with Gasteiger partial charge in [-0.05, 0) is 72.3 Å². The van der Waals surface area contributed by atoms with Crippen molar-refractivity contribution in [2.75, 3.05) is 5.32 Å². The lowest BCUT2D eigenvalue weighted by atomic mass is 10.1. The summed E-state index contributed by atoms with van der Waals surface area (Å²) < 4.78 is 1.26. The lowest BCUT2D eigenvalue weighted by molar-refractivity contribution is 0.885. The van der Waals surface area contributed by atoms with Crippen molar-refractivity contribution < 1.29 is 0 Å². The minimum absolute atomic E-state index is 0.272. The molecule has 20 heavy (non-hydrogen) atoms. The van der Waals surface area contributed by atoms with Crippen LogP contribution in [0.2, 0.25) is 0 Å². The van der Waals surface area contributed by atoms with E-state index in [1.165, 1.54) is 9.13 Å². The summed E-state index contributed by atoms with van der Waals surface area (Å²) in [5, 5.41) is 3.53. The average molecular weight is 377 g/mol. The monoisotopic (exact) mass is 377 g/mol. The quantitative estimate of drug-likeness (QED) is 0.653. The molecule has 2 aromatic carbocycles. The fourth-order valence-electron chi connectivity index (χ4n) is 2.31. The van der Waals surface area contributed by atoms with E-state index in [9.17, 15) is 0 Å². The van der Waals surface area contributed by atoms with Gasteiger partial charge in [-0.3, -0.25) is 0 Å². The van der Waals surface area contributed by atoms with Gasteiger partial charge in [0.1, 0.15) is 5.82 Å². The van der Waals surface area contributed by atoms with E-state index in [0.29, 0.717) is 0 Å². The second-order valence-corrected chi connectivity index (χ2v) is 6.22. The topological polar surface area (TPSA) is 40.7 Å². The van der Waals surface area contributed by atoms with Crippen molar-refractivity contribution in [2.45, 2.75) is 19.9 Å². The highest BCUT2D eigenvalue weighted by Gasteiger charge is 2.06. The van der Waals surface area contributed by atoms with E-state index in [-0.39, 0.29) is 6.04 Å². The number of hydrogen-bond donors (Lipinski definition) is 2. The molecule has 1 heterocycles. The summed E-state index contributed by atoms with van der Waals surface area (Å²) in [7, 11) is 0. The van der Waals surface area contributed by atoms with Crippen molar-refractivity contribution in [1.82, 2.24) is 9.97 Å². The number of imidazole rings is 1. The Bertz CT molecular complexity index is 731. The van der Waals surface area contributed by atoms with E-state index in [1.807, 2.05) is 13.0 Å². The molecule has 0 radical (unpaired) electrons. The number of anilines is 1. The van der Waals surface area contributed by atoms with Crippen LogP contribution in [0.3, 0.4) is 0 Å². The fourth-order valence-corrected chi connectivity index (χ4v) is 2.67. The van der Waals surface area contributed by atoms with Crippen LogP contribution < -0.4 is 5.32 Å². The third kappa shape index (κ3) is 2.80. The maximum Gasteiger partial charge on any atom is 0.104 e. The number of benzene rings is 2. The largest absolute Gasteiger partial charge is 0.378 e. The van der Waals surface area contributed by atoms with E-state index in [4.69, 9.17) is 0 Å². The van der Waals surface area contributed by atoms with Gasteiger partial charge in [-0.15, -0.1) is 0 Å². The Hall–Kier alpha value is -1.56. The third-order valence-electron chi connectivity index (χ3n) is 3.35. The molecule has 0 fully saturated rings. The summed E-state index contributed by atoms with van der Waals surface area (Å²) in [5.41, 5.74) is 4.47. The Balaban J connectivity index is 1.82. The zero-order chi connectivity index (χ0) is 14.1. The Labute approximate surface area is 132 Å². The molecule has 1 aromatic heterocycles. The second-order valence-electron chi connectivity index (χ2n) is 4.97. The van der Waals surface area contributed by atoms with Gasteiger partial charge in [-0.1, -0.05) is 12.1 Å². The van der Waals surface area contributed by atoms with Crippen LogP contribution in [0, 0.1) is 10.5 Å². The van der Waals surface area contributed by atoms with Crippen LogP contribution in [0.25, 0.3) is 11.0 Å². The van der Waals surface area contributed by atoms with Crippen LogP contribution in [0.15, 0.2) is 42.5 Å². The molecule has 1 unspecified atom stereocenters. The Morgan fingerprint density at radius 1 is 1.15 bits per heavy atom. The lowest BCUT2D eigenvalue weighted by Crippen LogP contribution is -2.06. The standard InChI is InChI=1S/C16H16IN3/c1-10(12-3-5-13(17)6-4-12)18-14-7-8-15-16(9-14)20-11(2)19-15/h3-10,18H,1-2H3,(H,19,20). The van der Waals surface area contributed by atoms with Crippen molar-refractivity contribution in [3.63, 3.8) is 0 Å². The van der Waals surface area contributed by atoms with Gasteiger partial charge in [0.05, 0.1) is 11.0 Å². The van der Waals surface area contributed by atoms with Gasteiger partial charge in [-0.2, -0.15) is 0 Å². The van der Waals surface area contributed by atoms with Gasteiger partial charge < -0.3 is 10.3 Å². The number of halogens is 1. The van der Waals surface area contributed by atoms with Gasteiger partial charge in [0.25, 0.3) is 0 Å². The number of nitrogens with zero attached hydrogens (tertiary/aromatic N) is 1. The number of aromatic nitrogens is 2. The second kappa shape index (κ2) is 5.44. The number of rotatable bonds is 3. The zero-order valence-corrected chi connectivity index (χ0v) is 13.6. The number of aryl methyl sites for hydroxylation is 1. The van der Waals surface area contributed by atoms with Gasteiger partial charge in [-0.25, -0.2) is 4.98 Å². The SMILES string of the molecule is Cc1nc2ccc(NC(C)c3ccc(I)cc3)cc2[nH]1. The van der Waals surface area contributed by atoms with Crippen molar-refractivity contribution in [3.05, 3.63) is 57.4 Å². The number of aromatic amines is 1. The predicted octanol–water partition coefficient (Wildman–Crippen LogP) is 4.65. The Morgan fingerprint density at radius 3 is 2.65 bits per heavy atom. The van der Waals surface area contributed by atoms with E-state index in [0.717, 1.165) is 22.5 Å². The molecule has 1 atom stereocenters. The van der Waals surface area contributed by atoms with E-state index in [2.05, 4.69) is 81.2 Å². The normalized spacial score (nSPS) is 12.6. The van der Waals surface area contributed by atoms with Crippen molar-refractivity contribution in [2.24, 2.45) is 0 Å². The maximum atomic E-state index is 4.42. The summed E-state index contributed by atoms with van der Waals surface area (Å²) in [6.45, 7) is 4.14. The van der Waals surface area contributed by atoms with Crippen LogP contribution in [-0.4, -0.2) is 9.97 Å². The molecule has 3 nitrogen and oxygen atoms in total. The molecule has 0 bridgehead atoms. The first-order valence-electron chi connectivity index (χ1n) is 6.60. The van der Waals surface area contributed by atoms with Crippen LogP contribution >= 0.6 is 22.6 Å². The first kappa shape index (κ1) is 13.4. The van der Waals surface area contributed by atoms with Crippen LogP contribution in [0.4, 0.5) is 5.69 Å². The molecule has 3 rings (SSSR count). The zero-order valence-electron chi connectivity index (χ0n) is 11.4. The van der Waals surface area contributed by atoms with E-state index >= 15 is 0 Å². The van der Waals surface area contributed by atoms with Gasteiger partial charge >= 0.3 is 0 Å². The van der Waals surface area contributed by atoms with Crippen molar-refractivity contribution in [1.29, 1.82) is 0 Å². The molecule has 3 aromatic rings. The third-order valence-corrected chi connectivity index (χ3v) is 4.07. The minimum Gasteiger partial charge on any atom is -0.378 e. The molecule has 0 aliphatic heterocycles. The Morgan fingerprint density at radius 2 is 1.90 bits per heavy atom.